The number of methoxy groups -OCH3 is 1. The van der Waals surface area contributed by atoms with Gasteiger partial charge in [0.15, 0.2) is 0 Å². The third-order valence-electron chi connectivity index (χ3n) is 6.01. The average molecular weight is 399 g/mol. The van der Waals surface area contributed by atoms with Crippen LogP contribution in [0.4, 0.5) is 0 Å². The van der Waals surface area contributed by atoms with Gasteiger partial charge in [-0.3, -0.25) is 0 Å². The van der Waals surface area contributed by atoms with Gasteiger partial charge in [0.25, 0.3) is 0 Å². The molecule has 2 aliphatic rings. The summed E-state index contributed by atoms with van der Waals surface area (Å²) in [7, 11) is 1.69. The minimum atomic E-state index is -0.234. The Kier molecular flexibility index (Phi) is 4.70. The number of hydrogen-bond acceptors (Lipinski definition) is 4. The van der Waals surface area contributed by atoms with Gasteiger partial charge in [0.05, 0.1) is 18.9 Å². The normalized spacial score (nSPS) is 19.7. The van der Waals surface area contributed by atoms with Crippen LogP contribution in [-0.4, -0.2) is 17.8 Å². The van der Waals surface area contributed by atoms with E-state index in [4.69, 9.17) is 14.6 Å². The van der Waals surface area contributed by atoms with Crippen molar-refractivity contribution >= 4 is 5.71 Å². The number of fused-ring (bicyclic) bond motifs is 3. The van der Waals surface area contributed by atoms with E-state index < -0.39 is 0 Å². The number of rotatable bonds is 4. The molecule has 0 aromatic heterocycles. The second-order valence-electron chi connectivity index (χ2n) is 8.20. The summed E-state index contributed by atoms with van der Waals surface area (Å²) < 4.78 is 11.8. The van der Waals surface area contributed by atoms with Crippen molar-refractivity contribution in [2.75, 3.05) is 7.11 Å². The van der Waals surface area contributed by atoms with Crippen LogP contribution in [0.3, 0.4) is 0 Å². The molecule has 152 valence electrons. The lowest BCUT2D eigenvalue weighted by molar-refractivity contribution is -0.0190. The molecule has 2 aliphatic heterocycles. The highest BCUT2D eigenvalue weighted by Crippen LogP contribution is 2.47. The largest absolute Gasteiger partial charge is 0.497 e. The molecule has 0 fully saturated rings. The summed E-state index contributed by atoms with van der Waals surface area (Å²) in [4.78, 5) is 0. The van der Waals surface area contributed by atoms with Crippen LogP contribution in [0.15, 0.2) is 77.9 Å². The summed E-state index contributed by atoms with van der Waals surface area (Å²) >= 11 is 0. The summed E-state index contributed by atoms with van der Waals surface area (Å²) in [5.74, 6) is 2.31. The van der Waals surface area contributed by atoms with Gasteiger partial charge in [-0.15, -0.1) is 0 Å². The van der Waals surface area contributed by atoms with E-state index in [1.807, 2.05) is 18.2 Å². The fraction of sp³-hybridized carbons (Fsp3) is 0.269. The van der Waals surface area contributed by atoms with E-state index in [0.717, 1.165) is 34.8 Å². The third kappa shape index (κ3) is 3.22. The van der Waals surface area contributed by atoms with Crippen LogP contribution in [0.2, 0.25) is 0 Å². The second kappa shape index (κ2) is 7.52. The van der Waals surface area contributed by atoms with Gasteiger partial charge in [-0.05, 0) is 47.4 Å². The van der Waals surface area contributed by atoms with Gasteiger partial charge in [0, 0.05) is 17.5 Å². The standard InChI is InChI=1S/C26H26N2O2/c1-17(2)18-8-10-20(11-9-18)26-28-24(22-6-4-5-7-25(22)30-26)16-23(27-28)19-12-14-21(29-3)15-13-19/h4-15,17,24,26H,16H2,1-3H3/t24-,26-/m0/s1. The van der Waals surface area contributed by atoms with Crippen LogP contribution in [0.1, 0.15) is 60.7 Å². The minimum Gasteiger partial charge on any atom is -0.497 e. The van der Waals surface area contributed by atoms with Crippen LogP contribution in [0.5, 0.6) is 11.5 Å². The number of ether oxygens (including phenoxy) is 2. The van der Waals surface area contributed by atoms with E-state index in [9.17, 15) is 0 Å². The topological polar surface area (TPSA) is 34.1 Å². The van der Waals surface area contributed by atoms with Gasteiger partial charge < -0.3 is 9.47 Å². The van der Waals surface area contributed by atoms with Crippen molar-refractivity contribution in [1.82, 2.24) is 5.01 Å². The maximum atomic E-state index is 6.45. The summed E-state index contributed by atoms with van der Waals surface area (Å²) in [6, 6.07) is 25.4. The maximum Gasteiger partial charge on any atom is 0.213 e. The monoisotopic (exact) mass is 398 g/mol. The Bertz CT molecular complexity index is 1070. The summed E-state index contributed by atoms with van der Waals surface area (Å²) in [5, 5.41) is 7.17. The van der Waals surface area contributed by atoms with Gasteiger partial charge in [0.2, 0.25) is 6.23 Å². The van der Waals surface area contributed by atoms with Crippen LogP contribution in [-0.2, 0) is 0 Å². The molecule has 0 bridgehead atoms. The molecule has 0 unspecified atom stereocenters. The van der Waals surface area contributed by atoms with Crippen molar-refractivity contribution in [1.29, 1.82) is 0 Å². The van der Waals surface area contributed by atoms with Crippen LogP contribution in [0.25, 0.3) is 0 Å². The highest BCUT2D eigenvalue weighted by molar-refractivity contribution is 6.02. The molecular weight excluding hydrogens is 372 g/mol. The van der Waals surface area contributed by atoms with Gasteiger partial charge in [-0.1, -0.05) is 56.3 Å². The number of para-hydroxylation sites is 1. The Morgan fingerprint density at radius 3 is 2.40 bits per heavy atom. The highest BCUT2D eigenvalue weighted by Gasteiger charge is 2.40. The zero-order valence-corrected chi connectivity index (χ0v) is 17.6. The molecule has 4 nitrogen and oxygen atoms in total. The van der Waals surface area contributed by atoms with Crippen molar-refractivity contribution in [3.05, 3.63) is 95.1 Å². The molecule has 0 aliphatic carbocycles. The lowest BCUT2D eigenvalue weighted by atomic mass is 9.95. The molecule has 2 heterocycles. The highest BCUT2D eigenvalue weighted by atomic mass is 16.5. The van der Waals surface area contributed by atoms with E-state index in [1.165, 1.54) is 11.1 Å². The van der Waals surface area contributed by atoms with Gasteiger partial charge in [0.1, 0.15) is 11.5 Å². The molecule has 3 aromatic rings. The van der Waals surface area contributed by atoms with Crippen molar-refractivity contribution in [3.63, 3.8) is 0 Å². The first kappa shape index (κ1) is 18.7. The maximum absolute atomic E-state index is 6.45. The van der Waals surface area contributed by atoms with Crippen LogP contribution < -0.4 is 9.47 Å². The summed E-state index contributed by atoms with van der Waals surface area (Å²) in [5.41, 5.74) is 5.84. The predicted octanol–water partition coefficient (Wildman–Crippen LogP) is 6.06. The molecule has 0 amide bonds. The lowest BCUT2D eigenvalue weighted by Crippen LogP contribution is -2.33. The van der Waals surface area contributed by atoms with E-state index in [-0.39, 0.29) is 12.3 Å². The van der Waals surface area contributed by atoms with E-state index in [2.05, 4.69) is 73.5 Å². The predicted molar refractivity (Wildman–Crippen MR) is 119 cm³/mol. The van der Waals surface area contributed by atoms with E-state index in [0.29, 0.717) is 5.92 Å². The van der Waals surface area contributed by atoms with Crippen LogP contribution in [0, 0.1) is 0 Å². The fourth-order valence-electron chi connectivity index (χ4n) is 4.26. The summed E-state index contributed by atoms with van der Waals surface area (Å²) in [6.45, 7) is 4.43. The zero-order valence-electron chi connectivity index (χ0n) is 17.6. The number of hydrazone groups is 1. The smallest absolute Gasteiger partial charge is 0.213 e. The second-order valence-corrected chi connectivity index (χ2v) is 8.20. The minimum absolute atomic E-state index is 0.168. The molecule has 4 heteroatoms. The molecular formula is C26H26N2O2. The fourth-order valence-corrected chi connectivity index (χ4v) is 4.26. The average Bonchev–Trinajstić information content (AvgIpc) is 3.24. The first-order valence-corrected chi connectivity index (χ1v) is 10.5. The zero-order chi connectivity index (χ0) is 20.7. The van der Waals surface area contributed by atoms with Crippen molar-refractivity contribution < 1.29 is 9.47 Å². The summed E-state index contributed by atoms with van der Waals surface area (Å²) in [6.07, 6.45) is 0.620. The Balaban J connectivity index is 1.53. The molecule has 0 saturated carbocycles. The van der Waals surface area contributed by atoms with Crippen molar-refractivity contribution in [2.24, 2.45) is 5.10 Å². The van der Waals surface area contributed by atoms with Gasteiger partial charge in [-0.25, -0.2) is 5.01 Å². The first-order valence-electron chi connectivity index (χ1n) is 10.5. The number of hydrogen-bond donors (Lipinski definition) is 0. The Labute approximate surface area is 177 Å². The first-order chi connectivity index (χ1) is 14.6. The Morgan fingerprint density at radius 2 is 1.70 bits per heavy atom. The van der Waals surface area contributed by atoms with E-state index in [1.54, 1.807) is 7.11 Å². The quantitative estimate of drug-likeness (QED) is 0.536. The molecule has 30 heavy (non-hydrogen) atoms. The molecule has 0 N–H and O–H groups in total. The van der Waals surface area contributed by atoms with Gasteiger partial charge in [-0.2, -0.15) is 5.10 Å². The van der Waals surface area contributed by atoms with Crippen LogP contribution >= 0.6 is 0 Å². The number of benzene rings is 3. The Hall–Kier alpha value is -3.27. The Morgan fingerprint density at radius 1 is 0.967 bits per heavy atom. The molecule has 0 spiro atoms. The molecule has 5 rings (SSSR count). The van der Waals surface area contributed by atoms with Crippen molar-refractivity contribution in [3.8, 4) is 11.5 Å². The molecule has 0 saturated heterocycles. The molecule has 3 aromatic carbocycles. The lowest BCUT2D eigenvalue weighted by Gasteiger charge is -2.38. The van der Waals surface area contributed by atoms with E-state index >= 15 is 0 Å². The van der Waals surface area contributed by atoms with Gasteiger partial charge >= 0.3 is 0 Å². The molecule has 0 radical (unpaired) electrons. The molecule has 2 atom stereocenters. The number of nitrogens with zero attached hydrogens (tertiary/aromatic N) is 2. The third-order valence-corrected chi connectivity index (χ3v) is 6.01. The van der Waals surface area contributed by atoms with Crippen molar-refractivity contribution in [2.45, 2.75) is 38.5 Å². The SMILES string of the molecule is COc1ccc(C2=NN3[C@@H](C2)c2ccccc2O[C@H]3c2ccc(C(C)C)cc2)cc1.